The molecule has 0 fully saturated rings. The Morgan fingerprint density at radius 2 is 2.27 bits per heavy atom. The van der Waals surface area contributed by atoms with Crippen molar-refractivity contribution in [2.24, 2.45) is 5.92 Å². The van der Waals surface area contributed by atoms with Crippen molar-refractivity contribution in [2.45, 2.75) is 18.1 Å². The first-order valence-electron chi connectivity index (χ1n) is 4.30. The van der Waals surface area contributed by atoms with Crippen LogP contribution in [-0.2, 0) is 14.9 Å². The molecule has 0 aliphatic heterocycles. The van der Waals surface area contributed by atoms with E-state index in [-0.39, 0.29) is 10.1 Å². The quantitative estimate of drug-likeness (QED) is 0.849. The maximum Gasteiger partial charge on any atom is 0.273 e. The molecule has 0 aromatic carbocycles. The van der Waals surface area contributed by atoms with E-state index in [0.717, 1.165) is 11.3 Å². The third-order valence-electron chi connectivity index (χ3n) is 1.41. The lowest BCUT2D eigenvalue weighted by Gasteiger charge is -2.07. The van der Waals surface area contributed by atoms with E-state index >= 15 is 0 Å². The Morgan fingerprint density at radius 3 is 2.73 bits per heavy atom. The summed E-state index contributed by atoms with van der Waals surface area (Å²) in [5.74, 6) is 0.277. The molecule has 0 aliphatic carbocycles. The van der Waals surface area contributed by atoms with Crippen LogP contribution >= 0.6 is 27.3 Å². The minimum absolute atomic E-state index is 0.228. The van der Waals surface area contributed by atoms with Gasteiger partial charge in [-0.15, -0.1) is 11.3 Å². The van der Waals surface area contributed by atoms with Gasteiger partial charge in [0.25, 0.3) is 10.0 Å². The first-order chi connectivity index (χ1) is 6.93. The summed E-state index contributed by atoms with van der Waals surface area (Å²) in [6.45, 7) is 4.23. The molecule has 0 saturated carbocycles. The van der Waals surface area contributed by atoms with Gasteiger partial charge in [-0.3, -0.25) is 4.84 Å². The molecule has 15 heavy (non-hydrogen) atoms. The molecule has 1 aromatic heterocycles. The maximum absolute atomic E-state index is 11.6. The second-order valence-corrected chi connectivity index (χ2v) is 6.96. The Bertz CT molecular complexity index is 413. The Labute approximate surface area is 102 Å². The first kappa shape index (κ1) is 13.1. The van der Waals surface area contributed by atoms with E-state index < -0.39 is 10.0 Å². The minimum atomic E-state index is -3.54. The van der Waals surface area contributed by atoms with E-state index in [9.17, 15) is 8.42 Å². The second-order valence-electron chi connectivity index (χ2n) is 3.35. The van der Waals surface area contributed by atoms with Crippen LogP contribution in [0.3, 0.4) is 0 Å². The molecule has 86 valence electrons. The van der Waals surface area contributed by atoms with Gasteiger partial charge < -0.3 is 0 Å². The minimum Gasteiger partial charge on any atom is -0.287 e. The van der Waals surface area contributed by atoms with Crippen LogP contribution in [-0.4, -0.2) is 15.0 Å². The van der Waals surface area contributed by atoms with E-state index in [2.05, 4.69) is 20.8 Å². The molecular weight excluding hydrogens is 302 g/mol. The SMILES string of the molecule is CC(C)CONS(=O)(=O)c1sccc1Br. The lowest BCUT2D eigenvalue weighted by molar-refractivity contribution is 0.0720. The fraction of sp³-hybridized carbons (Fsp3) is 0.500. The summed E-state index contributed by atoms with van der Waals surface area (Å²) >= 11 is 4.30. The highest BCUT2D eigenvalue weighted by Crippen LogP contribution is 2.27. The highest BCUT2D eigenvalue weighted by molar-refractivity contribution is 9.10. The number of hydrogen-bond acceptors (Lipinski definition) is 4. The third kappa shape index (κ3) is 3.84. The molecule has 0 radical (unpaired) electrons. The number of halogens is 1. The monoisotopic (exact) mass is 313 g/mol. The fourth-order valence-electron chi connectivity index (χ4n) is 0.788. The molecule has 1 rings (SSSR count). The molecule has 7 heteroatoms. The van der Waals surface area contributed by atoms with Gasteiger partial charge in [-0.05, 0) is 33.3 Å². The zero-order valence-corrected chi connectivity index (χ0v) is 11.6. The Morgan fingerprint density at radius 1 is 1.60 bits per heavy atom. The van der Waals surface area contributed by atoms with Crippen LogP contribution in [0.2, 0.25) is 0 Å². The van der Waals surface area contributed by atoms with Crippen LogP contribution in [0.1, 0.15) is 13.8 Å². The highest BCUT2D eigenvalue weighted by Gasteiger charge is 2.19. The molecule has 0 amide bonds. The van der Waals surface area contributed by atoms with Crippen molar-refractivity contribution >= 4 is 37.3 Å². The van der Waals surface area contributed by atoms with Crippen molar-refractivity contribution < 1.29 is 13.3 Å². The van der Waals surface area contributed by atoms with Gasteiger partial charge in [0.05, 0.1) is 6.61 Å². The van der Waals surface area contributed by atoms with Crippen molar-refractivity contribution in [3.8, 4) is 0 Å². The molecule has 0 atom stereocenters. The van der Waals surface area contributed by atoms with Gasteiger partial charge in [-0.2, -0.15) is 0 Å². The molecule has 4 nitrogen and oxygen atoms in total. The van der Waals surface area contributed by atoms with Gasteiger partial charge in [-0.1, -0.05) is 18.7 Å². The first-order valence-corrected chi connectivity index (χ1v) is 7.45. The van der Waals surface area contributed by atoms with Crippen molar-refractivity contribution in [1.82, 2.24) is 4.89 Å². The highest BCUT2D eigenvalue weighted by atomic mass is 79.9. The van der Waals surface area contributed by atoms with Gasteiger partial charge in [0, 0.05) is 4.47 Å². The number of nitrogens with one attached hydrogen (secondary N) is 1. The molecule has 0 spiro atoms. The van der Waals surface area contributed by atoms with Crippen LogP contribution in [0.4, 0.5) is 0 Å². The van der Waals surface area contributed by atoms with Crippen molar-refractivity contribution in [2.75, 3.05) is 6.61 Å². The zero-order chi connectivity index (χ0) is 11.5. The van der Waals surface area contributed by atoms with Gasteiger partial charge >= 0.3 is 0 Å². The van der Waals surface area contributed by atoms with Gasteiger partial charge in [0.15, 0.2) is 4.21 Å². The summed E-state index contributed by atoms with van der Waals surface area (Å²) in [4.78, 5) is 6.97. The van der Waals surface area contributed by atoms with E-state index in [1.807, 2.05) is 13.8 Å². The molecule has 0 aliphatic rings. The standard InChI is InChI=1S/C8H12BrNO3S2/c1-6(2)5-13-10-15(11,12)8-7(9)3-4-14-8/h3-4,6,10H,5H2,1-2H3. The average molecular weight is 314 g/mol. The van der Waals surface area contributed by atoms with E-state index in [1.54, 1.807) is 11.4 Å². The smallest absolute Gasteiger partial charge is 0.273 e. The van der Waals surface area contributed by atoms with Gasteiger partial charge in [-0.25, -0.2) is 8.42 Å². The summed E-state index contributed by atoms with van der Waals surface area (Å²) < 4.78 is 24.1. The molecule has 1 aromatic rings. The Hall–Kier alpha value is 0.0500. The van der Waals surface area contributed by atoms with Crippen LogP contribution in [0.15, 0.2) is 20.1 Å². The summed E-state index contributed by atoms with van der Waals surface area (Å²) in [5.41, 5.74) is 0. The summed E-state index contributed by atoms with van der Waals surface area (Å²) in [7, 11) is -3.54. The maximum atomic E-state index is 11.6. The molecule has 0 unspecified atom stereocenters. The molecule has 0 bridgehead atoms. The van der Waals surface area contributed by atoms with E-state index in [4.69, 9.17) is 4.84 Å². The average Bonchev–Trinajstić information content (AvgIpc) is 2.50. The Kier molecular flexibility index (Phi) is 4.72. The topological polar surface area (TPSA) is 55.4 Å². The van der Waals surface area contributed by atoms with Gasteiger partial charge in [0.2, 0.25) is 0 Å². The van der Waals surface area contributed by atoms with Crippen LogP contribution in [0.5, 0.6) is 0 Å². The fourth-order valence-corrected chi connectivity index (χ4v) is 3.92. The third-order valence-corrected chi connectivity index (χ3v) is 5.30. The van der Waals surface area contributed by atoms with Crippen LogP contribution in [0.25, 0.3) is 0 Å². The largest absolute Gasteiger partial charge is 0.287 e. The zero-order valence-electron chi connectivity index (χ0n) is 8.36. The van der Waals surface area contributed by atoms with Crippen molar-refractivity contribution in [1.29, 1.82) is 0 Å². The van der Waals surface area contributed by atoms with Crippen LogP contribution < -0.4 is 4.89 Å². The van der Waals surface area contributed by atoms with Crippen LogP contribution in [0, 0.1) is 5.92 Å². The molecular formula is C8H12BrNO3S2. The Balaban J connectivity index is 2.65. The van der Waals surface area contributed by atoms with Crippen molar-refractivity contribution in [3.63, 3.8) is 0 Å². The lowest BCUT2D eigenvalue weighted by atomic mass is 10.2. The molecule has 1 N–H and O–H groups in total. The van der Waals surface area contributed by atoms with E-state index in [0.29, 0.717) is 11.1 Å². The second kappa shape index (κ2) is 5.40. The predicted molar refractivity (Wildman–Crippen MR) is 63.1 cm³/mol. The molecule has 0 saturated heterocycles. The number of thiophene rings is 1. The summed E-state index contributed by atoms with van der Waals surface area (Å²) in [6.07, 6.45) is 0. The summed E-state index contributed by atoms with van der Waals surface area (Å²) in [5, 5.41) is 1.70. The number of rotatable bonds is 5. The summed E-state index contributed by atoms with van der Waals surface area (Å²) in [6, 6.07) is 1.68. The number of hydrogen-bond donors (Lipinski definition) is 1. The normalized spacial score (nSPS) is 12.3. The number of sulfonamides is 1. The molecule has 1 heterocycles. The lowest BCUT2D eigenvalue weighted by Crippen LogP contribution is -2.25. The van der Waals surface area contributed by atoms with Crippen molar-refractivity contribution in [3.05, 3.63) is 15.9 Å². The predicted octanol–water partition coefficient (Wildman–Crippen LogP) is 2.38. The van der Waals surface area contributed by atoms with Gasteiger partial charge in [0.1, 0.15) is 0 Å². The van der Waals surface area contributed by atoms with E-state index in [1.165, 1.54) is 0 Å².